The molecule has 1 aliphatic heterocycles. The zero-order valence-corrected chi connectivity index (χ0v) is 20.9. The summed E-state index contributed by atoms with van der Waals surface area (Å²) in [5.74, 6) is -0.715. The van der Waals surface area contributed by atoms with Gasteiger partial charge in [-0.25, -0.2) is 9.78 Å². The van der Waals surface area contributed by atoms with Crippen LogP contribution in [0.1, 0.15) is 53.9 Å². The second-order valence-corrected chi connectivity index (χ2v) is 9.92. The van der Waals surface area contributed by atoms with Crippen molar-refractivity contribution >= 4 is 45.9 Å². The second kappa shape index (κ2) is 9.75. The van der Waals surface area contributed by atoms with E-state index in [1.807, 2.05) is 6.07 Å². The zero-order valence-electron chi connectivity index (χ0n) is 20.1. The van der Waals surface area contributed by atoms with Crippen molar-refractivity contribution in [3.8, 4) is 5.75 Å². The molecular formula is C26H22F2N4O5S. The Bertz CT molecular complexity index is 1570. The van der Waals surface area contributed by atoms with Crippen LogP contribution in [-0.4, -0.2) is 45.6 Å². The summed E-state index contributed by atoms with van der Waals surface area (Å²) < 4.78 is 40.9. The van der Waals surface area contributed by atoms with E-state index in [0.717, 1.165) is 5.71 Å². The van der Waals surface area contributed by atoms with E-state index >= 15 is 0 Å². The number of alkyl halides is 2. The van der Waals surface area contributed by atoms with Gasteiger partial charge in [-0.2, -0.15) is 8.78 Å². The number of H-pyrrole nitrogens is 2. The summed E-state index contributed by atoms with van der Waals surface area (Å²) in [4.78, 5) is 40.9. The molecule has 6 rings (SSSR count). The third kappa shape index (κ3) is 4.38. The summed E-state index contributed by atoms with van der Waals surface area (Å²) in [6.45, 7) is -0.951. The number of nitrogens with one attached hydrogen (secondary N) is 2. The molecule has 9 nitrogen and oxygen atoms in total. The van der Waals surface area contributed by atoms with E-state index in [1.165, 1.54) is 23.9 Å². The highest BCUT2D eigenvalue weighted by molar-refractivity contribution is 7.99. The van der Waals surface area contributed by atoms with Crippen molar-refractivity contribution in [1.29, 1.82) is 0 Å². The predicted octanol–water partition coefficient (Wildman–Crippen LogP) is 6.00. The Balaban J connectivity index is 1.32. The Morgan fingerprint density at radius 2 is 2.11 bits per heavy atom. The normalized spacial score (nSPS) is 18.8. The molecule has 4 heterocycles. The summed E-state index contributed by atoms with van der Waals surface area (Å²) in [6, 6.07) is 8.08. The van der Waals surface area contributed by atoms with Gasteiger partial charge >= 0.3 is 12.6 Å². The standard InChI is InChI=1S/C26H22F2N4O5S/c1-2-35-24(34)23-22-13(11-29-23)20(21-15(30-22)4-3-5-17(21)33)18-8-9-19(37-18)38-26-31-14-7-6-12(36-25(27)28)10-16(14)32-26/h6-11,20-21,25,29H,2-5H2,1H3,(H,31,32). The molecule has 0 saturated heterocycles. The largest absolute Gasteiger partial charge is 0.461 e. The van der Waals surface area contributed by atoms with Crippen LogP contribution in [-0.2, 0) is 9.53 Å². The molecule has 1 aromatic carbocycles. The fraction of sp³-hybridized carbons (Fsp3) is 0.308. The number of aromatic nitrogens is 3. The summed E-state index contributed by atoms with van der Waals surface area (Å²) in [7, 11) is 0. The number of Topliss-reactive ketones (excluding diaryl/α,β-unsaturated/α-hetero) is 1. The van der Waals surface area contributed by atoms with E-state index in [4.69, 9.17) is 14.1 Å². The second-order valence-electron chi connectivity index (χ2n) is 8.92. The number of nitrogens with zero attached hydrogens (tertiary/aromatic N) is 2. The molecule has 4 aromatic rings. The molecule has 196 valence electrons. The summed E-state index contributed by atoms with van der Waals surface area (Å²) in [5.41, 5.74) is 3.33. The van der Waals surface area contributed by atoms with Crippen LogP contribution in [0.15, 0.2) is 56.2 Å². The van der Waals surface area contributed by atoms with Gasteiger partial charge in [0.15, 0.2) is 15.9 Å². The van der Waals surface area contributed by atoms with Crippen LogP contribution < -0.4 is 4.74 Å². The van der Waals surface area contributed by atoms with Crippen molar-refractivity contribution in [1.82, 2.24) is 15.0 Å². The number of fused-ring (bicyclic) bond motifs is 3. The number of imidazole rings is 1. The highest BCUT2D eigenvalue weighted by Crippen LogP contribution is 2.48. The Labute approximate surface area is 219 Å². The number of rotatable bonds is 7. The Kier molecular flexibility index (Phi) is 6.26. The lowest BCUT2D eigenvalue weighted by atomic mass is 9.72. The first-order valence-electron chi connectivity index (χ1n) is 12.1. The number of halogens is 2. The number of carbonyl (C=O) groups is 2. The van der Waals surface area contributed by atoms with Gasteiger partial charge in [-0.15, -0.1) is 0 Å². The van der Waals surface area contributed by atoms with Gasteiger partial charge in [-0.3, -0.25) is 9.79 Å². The highest BCUT2D eigenvalue weighted by atomic mass is 32.2. The van der Waals surface area contributed by atoms with Gasteiger partial charge in [0.25, 0.3) is 0 Å². The van der Waals surface area contributed by atoms with E-state index in [2.05, 4.69) is 19.7 Å². The molecule has 0 amide bonds. The van der Waals surface area contributed by atoms with E-state index < -0.39 is 24.4 Å². The fourth-order valence-electron chi connectivity index (χ4n) is 5.07. The van der Waals surface area contributed by atoms with Crippen LogP contribution in [0.2, 0.25) is 0 Å². The number of furan rings is 1. The maximum absolute atomic E-state index is 13.1. The average molecular weight is 541 g/mol. The third-order valence-electron chi connectivity index (χ3n) is 6.61. The molecule has 1 saturated carbocycles. The molecular weight excluding hydrogens is 518 g/mol. The number of esters is 1. The molecule has 2 atom stereocenters. The number of ether oxygens (including phenoxy) is 2. The first-order valence-corrected chi connectivity index (χ1v) is 12.9. The number of hydrogen-bond acceptors (Lipinski definition) is 8. The lowest BCUT2D eigenvalue weighted by molar-refractivity contribution is -0.122. The summed E-state index contributed by atoms with van der Waals surface area (Å²) in [5, 5.41) is 1.03. The topological polar surface area (TPSA) is 123 Å². The minimum Gasteiger partial charge on any atom is -0.461 e. The minimum absolute atomic E-state index is 0.0318. The van der Waals surface area contributed by atoms with Crippen LogP contribution >= 0.6 is 11.8 Å². The van der Waals surface area contributed by atoms with Gasteiger partial charge in [0.2, 0.25) is 0 Å². The Morgan fingerprint density at radius 1 is 1.24 bits per heavy atom. The van der Waals surface area contributed by atoms with Crippen LogP contribution in [0.5, 0.6) is 5.75 Å². The molecule has 3 aromatic heterocycles. The first kappa shape index (κ1) is 24.4. The number of carbonyl (C=O) groups excluding carboxylic acids is 2. The molecule has 0 spiro atoms. The first-order chi connectivity index (χ1) is 18.4. The molecule has 2 unspecified atom stereocenters. The van der Waals surface area contributed by atoms with Crippen molar-refractivity contribution in [3.05, 3.63) is 53.5 Å². The Hall–Kier alpha value is -3.93. The quantitative estimate of drug-likeness (QED) is 0.276. The van der Waals surface area contributed by atoms with Crippen molar-refractivity contribution in [2.45, 2.75) is 49.0 Å². The molecule has 1 fully saturated rings. The van der Waals surface area contributed by atoms with E-state index in [0.29, 0.717) is 57.6 Å². The van der Waals surface area contributed by atoms with Gasteiger partial charge in [0, 0.05) is 30.0 Å². The van der Waals surface area contributed by atoms with Crippen molar-refractivity contribution in [3.63, 3.8) is 0 Å². The molecule has 38 heavy (non-hydrogen) atoms. The number of aromatic amines is 2. The fourth-order valence-corrected chi connectivity index (χ4v) is 5.84. The SMILES string of the molecule is CCOC(=O)c1[nH]cc2c1N=C1CCCC(=O)C1C2c1ccc(Sc2nc3ccc(OC(F)F)cc3[nH]2)o1. The van der Waals surface area contributed by atoms with Crippen LogP contribution in [0.3, 0.4) is 0 Å². The number of hydrogen-bond donors (Lipinski definition) is 2. The molecule has 2 N–H and O–H groups in total. The Morgan fingerprint density at radius 3 is 2.92 bits per heavy atom. The number of aliphatic imine (C=N–C) groups is 1. The molecule has 0 bridgehead atoms. The van der Waals surface area contributed by atoms with E-state index in [9.17, 15) is 18.4 Å². The van der Waals surface area contributed by atoms with Crippen LogP contribution in [0, 0.1) is 5.92 Å². The molecule has 12 heteroatoms. The lowest BCUT2D eigenvalue weighted by Gasteiger charge is -2.32. The van der Waals surface area contributed by atoms with E-state index in [-0.39, 0.29) is 23.8 Å². The van der Waals surface area contributed by atoms with Gasteiger partial charge in [-0.05, 0) is 55.8 Å². The van der Waals surface area contributed by atoms with Gasteiger partial charge < -0.3 is 23.9 Å². The van der Waals surface area contributed by atoms with Crippen molar-refractivity contribution < 1.29 is 32.3 Å². The monoisotopic (exact) mass is 540 g/mol. The summed E-state index contributed by atoms with van der Waals surface area (Å²) >= 11 is 1.23. The van der Waals surface area contributed by atoms with Crippen molar-refractivity contribution in [2.24, 2.45) is 10.9 Å². The lowest BCUT2D eigenvalue weighted by Crippen LogP contribution is -2.36. The molecule has 1 aliphatic carbocycles. The maximum atomic E-state index is 13.1. The van der Waals surface area contributed by atoms with Crippen molar-refractivity contribution in [2.75, 3.05) is 6.61 Å². The third-order valence-corrected chi connectivity index (χ3v) is 7.42. The maximum Gasteiger partial charge on any atom is 0.387 e. The number of benzene rings is 1. The highest BCUT2D eigenvalue weighted by Gasteiger charge is 2.44. The molecule has 2 aliphatic rings. The van der Waals surface area contributed by atoms with Gasteiger partial charge in [0.1, 0.15) is 17.3 Å². The van der Waals surface area contributed by atoms with Crippen LogP contribution in [0.25, 0.3) is 11.0 Å². The van der Waals surface area contributed by atoms with Crippen LogP contribution in [0.4, 0.5) is 14.5 Å². The smallest absolute Gasteiger partial charge is 0.387 e. The zero-order chi connectivity index (χ0) is 26.4. The average Bonchev–Trinajstić information content (AvgIpc) is 3.61. The van der Waals surface area contributed by atoms with Gasteiger partial charge in [-0.1, -0.05) is 0 Å². The van der Waals surface area contributed by atoms with Gasteiger partial charge in [0.05, 0.1) is 35.2 Å². The summed E-state index contributed by atoms with van der Waals surface area (Å²) in [6.07, 6.45) is 3.54. The molecule has 0 radical (unpaired) electrons. The van der Waals surface area contributed by atoms with E-state index in [1.54, 1.807) is 25.3 Å². The minimum atomic E-state index is -2.92. The number of ketones is 1. The predicted molar refractivity (Wildman–Crippen MR) is 134 cm³/mol.